The van der Waals surface area contributed by atoms with Gasteiger partial charge in [0.1, 0.15) is 7.11 Å². The van der Waals surface area contributed by atoms with Gasteiger partial charge in [0.15, 0.2) is 5.71 Å². The molecule has 0 saturated heterocycles. The number of amides is 1. The first-order chi connectivity index (χ1) is 7.74. The number of nitrogens with zero attached hydrogens (tertiary/aromatic N) is 1. The van der Waals surface area contributed by atoms with Crippen molar-refractivity contribution >= 4 is 11.6 Å². The number of rotatable bonds is 4. The van der Waals surface area contributed by atoms with E-state index in [9.17, 15) is 4.79 Å². The summed E-state index contributed by atoms with van der Waals surface area (Å²) in [5.74, 6) is -0.359. The molecule has 0 aromatic heterocycles. The van der Waals surface area contributed by atoms with Gasteiger partial charge in [-0.3, -0.25) is 4.79 Å². The van der Waals surface area contributed by atoms with Crippen molar-refractivity contribution in [2.24, 2.45) is 5.16 Å². The predicted octanol–water partition coefficient (Wildman–Crippen LogP) is 0.275. The molecule has 0 fully saturated rings. The second-order valence-corrected chi connectivity index (χ2v) is 3.02. The molecule has 0 aliphatic carbocycles. The normalized spacial score (nSPS) is 11.1. The first-order valence-electron chi connectivity index (χ1n) is 4.77. The minimum Gasteiger partial charge on any atom is -0.398 e. The molecule has 1 aromatic carbocycles. The molecule has 0 aliphatic rings. The summed E-state index contributed by atoms with van der Waals surface area (Å²) in [6.45, 7) is -0.157. The summed E-state index contributed by atoms with van der Waals surface area (Å²) in [5.41, 5.74) is 1.34. The van der Waals surface area contributed by atoms with Crippen LogP contribution < -0.4 is 5.32 Å². The predicted molar refractivity (Wildman–Crippen MR) is 60.0 cm³/mol. The van der Waals surface area contributed by atoms with Gasteiger partial charge in [0.2, 0.25) is 0 Å². The summed E-state index contributed by atoms with van der Waals surface area (Å²) >= 11 is 0. The van der Waals surface area contributed by atoms with Crippen LogP contribution in [-0.4, -0.2) is 30.9 Å². The van der Waals surface area contributed by atoms with Gasteiger partial charge < -0.3 is 15.3 Å². The highest BCUT2D eigenvalue weighted by Crippen LogP contribution is 2.10. The smallest absolute Gasteiger partial charge is 0.273 e. The van der Waals surface area contributed by atoms with Crippen LogP contribution in [0, 0.1) is 0 Å². The number of oxime groups is 1. The maximum atomic E-state index is 11.6. The molecule has 0 unspecified atom stereocenters. The Morgan fingerprint density at radius 3 is 2.75 bits per heavy atom. The molecular formula is C11H14N2O3. The lowest BCUT2D eigenvalue weighted by Crippen LogP contribution is -2.29. The zero-order chi connectivity index (χ0) is 12.0. The molecule has 0 aliphatic heterocycles. The Kier molecular flexibility index (Phi) is 4.47. The second-order valence-electron chi connectivity index (χ2n) is 3.02. The molecule has 0 radical (unpaired) electrons. The van der Waals surface area contributed by atoms with Crippen molar-refractivity contribution in [2.45, 2.75) is 6.61 Å². The highest BCUT2D eigenvalue weighted by Gasteiger charge is 2.16. The number of benzene rings is 1. The number of carbonyl (C=O) groups is 1. The highest BCUT2D eigenvalue weighted by molar-refractivity contribution is 6.45. The largest absolute Gasteiger partial charge is 0.398 e. The molecule has 1 aromatic rings. The fourth-order valence-electron chi connectivity index (χ4n) is 1.31. The Balaban J connectivity index is 3.21. The monoisotopic (exact) mass is 222 g/mol. The van der Waals surface area contributed by atoms with E-state index in [0.29, 0.717) is 11.1 Å². The molecule has 2 N–H and O–H groups in total. The molecule has 1 rings (SSSR count). The maximum absolute atomic E-state index is 11.6. The quantitative estimate of drug-likeness (QED) is 0.567. The van der Waals surface area contributed by atoms with Crippen molar-refractivity contribution in [1.82, 2.24) is 5.32 Å². The molecule has 0 bridgehead atoms. The van der Waals surface area contributed by atoms with Crippen LogP contribution in [0.3, 0.4) is 0 Å². The summed E-state index contributed by atoms with van der Waals surface area (Å²) < 4.78 is 0. The second kappa shape index (κ2) is 5.87. The van der Waals surface area contributed by atoms with Crippen LogP contribution in [0.5, 0.6) is 0 Å². The molecule has 5 nitrogen and oxygen atoms in total. The van der Waals surface area contributed by atoms with Gasteiger partial charge in [-0.1, -0.05) is 29.4 Å². The van der Waals surface area contributed by atoms with Crippen LogP contribution in [0.15, 0.2) is 29.4 Å². The molecule has 16 heavy (non-hydrogen) atoms. The van der Waals surface area contributed by atoms with Gasteiger partial charge in [0.05, 0.1) is 6.61 Å². The Labute approximate surface area is 93.7 Å². The van der Waals surface area contributed by atoms with Crippen LogP contribution in [0.1, 0.15) is 11.1 Å². The van der Waals surface area contributed by atoms with Crippen molar-refractivity contribution in [3.63, 3.8) is 0 Å². The zero-order valence-corrected chi connectivity index (χ0v) is 9.23. The van der Waals surface area contributed by atoms with Gasteiger partial charge in [-0.2, -0.15) is 0 Å². The highest BCUT2D eigenvalue weighted by atomic mass is 16.6. The molecule has 0 spiro atoms. The van der Waals surface area contributed by atoms with Crippen LogP contribution in [0.2, 0.25) is 0 Å². The Morgan fingerprint density at radius 2 is 2.19 bits per heavy atom. The average molecular weight is 222 g/mol. The van der Waals surface area contributed by atoms with Gasteiger partial charge >= 0.3 is 0 Å². The minimum atomic E-state index is -0.359. The number of hydrogen-bond donors (Lipinski definition) is 2. The lowest BCUT2D eigenvalue weighted by atomic mass is 10.0. The van der Waals surface area contributed by atoms with Crippen molar-refractivity contribution in [2.75, 3.05) is 14.2 Å². The SMILES string of the molecule is CNC(=O)/C(=N\OC)c1ccccc1CO. The summed E-state index contributed by atoms with van der Waals surface area (Å²) in [6.07, 6.45) is 0. The van der Waals surface area contributed by atoms with Gasteiger partial charge in [-0.25, -0.2) is 0 Å². The van der Waals surface area contributed by atoms with Gasteiger partial charge in [0, 0.05) is 12.6 Å². The summed E-state index contributed by atoms with van der Waals surface area (Å²) in [7, 11) is 2.87. The van der Waals surface area contributed by atoms with E-state index in [1.807, 2.05) is 0 Å². The topological polar surface area (TPSA) is 70.9 Å². The van der Waals surface area contributed by atoms with E-state index < -0.39 is 0 Å². The lowest BCUT2D eigenvalue weighted by molar-refractivity contribution is -0.114. The Hall–Kier alpha value is -1.88. The van der Waals surface area contributed by atoms with E-state index in [2.05, 4.69) is 15.3 Å². The lowest BCUT2D eigenvalue weighted by Gasteiger charge is -2.08. The number of likely N-dealkylation sites (N-methyl/N-ethyl adjacent to an activating group) is 1. The van der Waals surface area contributed by atoms with E-state index in [1.165, 1.54) is 14.2 Å². The fourth-order valence-corrected chi connectivity index (χ4v) is 1.31. The molecule has 0 saturated carbocycles. The number of nitrogens with one attached hydrogen (secondary N) is 1. The van der Waals surface area contributed by atoms with Crippen molar-refractivity contribution in [3.8, 4) is 0 Å². The molecule has 1 amide bonds. The number of aliphatic hydroxyl groups excluding tert-OH is 1. The van der Waals surface area contributed by atoms with Crippen LogP contribution in [0.25, 0.3) is 0 Å². The molecule has 5 heteroatoms. The van der Waals surface area contributed by atoms with E-state index in [-0.39, 0.29) is 18.2 Å². The standard InChI is InChI=1S/C11H14N2O3/c1-12-11(15)10(13-16-2)9-6-4-3-5-8(9)7-14/h3-6,14H,7H2,1-2H3,(H,12,15)/b13-10-. The third-order valence-corrected chi connectivity index (χ3v) is 2.07. The van der Waals surface area contributed by atoms with Gasteiger partial charge in [-0.05, 0) is 5.56 Å². The molecule has 86 valence electrons. The number of hydrogen-bond acceptors (Lipinski definition) is 4. The van der Waals surface area contributed by atoms with Crippen molar-refractivity contribution < 1.29 is 14.7 Å². The van der Waals surface area contributed by atoms with E-state index in [4.69, 9.17) is 5.11 Å². The third kappa shape index (κ3) is 2.58. The Morgan fingerprint density at radius 1 is 1.50 bits per heavy atom. The first kappa shape index (κ1) is 12.2. The van der Waals surface area contributed by atoms with E-state index in [1.54, 1.807) is 24.3 Å². The van der Waals surface area contributed by atoms with Crippen LogP contribution >= 0.6 is 0 Å². The summed E-state index contributed by atoms with van der Waals surface area (Å²) in [4.78, 5) is 16.2. The van der Waals surface area contributed by atoms with Crippen molar-refractivity contribution in [1.29, 1.82) is 0 Å². The summed E-state index contributed by atoms with van der Waals surface area (Å²) in [5, 5.41) is 15.3. The average Bonchev–Trinajstić information content (AvgIpc) is 2.35. The molecule has 0 atom stereocenters. The molecular weight excluding hydrogens is 208 g/mol. The van der Waals surface area contributed by atoms with Gasteiger partial charge in [-0.15, -0.1) is 0 Å². The van der Waals surface area contributed by atoms with Crippen LogP contribution in [0.4, 0.5) is 0 Å². The number of carbonyl (C=O) groups excluding carboxylic acids is 1. The fraction of sp³-hybridized carbons (Fsp3) is 0.273. The number of aliphatic hydroxyl groups is 1. The zero-order valence-electron chi connectivity index (χ0n) is 9.23. The minimum absolute atomic E-state index is 0.148. The van der Waals surface area contributed by atoms with Gasteiger partial charge in [0.25, 0.3) is 5.91 Å². The van der Waals surface area contributed by atoms with E-state index in [0.717, 1.165) is 0 Å². The summed E-state index contributed by atoms with van der Waals surface area (Å²) in [6, 6.07) is 6.98. The third-order valence-electron chi connectivity index (χ3n) is 2.07. The van der Waals surface area contributed by atoms with Crippen LogP contribution in [-0.2, 0) is 16.2 Å². The van der Waals surface area contributed by atoms with Crippen molar-refractivity contribution in [3.05, 3.63) is 35.4 Å². The Bertz CT molecular complexity index is 402. The molecule has 0 heterocycles. The maximum Gasteiger partial charge on any atom is 0.273 e. The first-order valence-corrected chi connectivity index (χ1v) is 4.77. The van der Waals surface area contributed by atoms with E-state index >= 15 is 0 Å².